The molecule has 1 aromatic carbocycles. The van der Waals surface area contributed by atoms with Crippen LogP contribution in [0.3, 0.4) is 0 Å². The maximum atomic E-state index is 11.6. The SMILES string of the molecule is CC(C)CNS(=O)(=O)Nc1ccc(N)cc1Cl. The van der Waals surface area contributed by atoms with E-state index in [0.29, 0.717) is 17.9 Å². The van der Waals surface area contributed by atoms with Gasteiger partial charge in [0.25, 0.3) is 10.2 Å². The Morgan fingerprint density at radius 2 is 2.06 bits per heavy atom. The molecule has 4 N–H and O–H groups in total. The molecule has 0 aromatic heterocycles. The molecule has 0 atom stereocenters. The second kappa shape index (κ2) is 5.57. The minimum atomic E-state index is -3.59. The van der Waals surface area contributed by atoms with Gasteiger partial charge in [0.1, 0.15) is 0 Å². The lowest BCUT2D eigenvalue weighted by molar-refractivity contribution is 0.565. The van der Waals surface area contributed by atoms with E-state index in [1.165, 1.54) is 12.1 Å². The van der Waals surface area contributed by atoms with Crippen LogP contribution in [0.4, 0.5) is 11.4 Å². The lowest BCUT2D eigenvalue weighted by Crippen LogP contribution is -2.32. The Morgan fingerprint density at radius 3 is 2.59 bits per heavy atom. The molecule has 0 spiro atoms. The highest BCUT2D eigenvalue weighted by molar-refractivity contribution is 7.90. The summed E-state index contributed by atoms with van der Waals surface area (Å²) < 4.78 is 28.0. The standard InChI is InChI=1S/C10H16ClN3O2S/c1-7(2)6-13-17(15,16)14-10-4-3-8(12)5-9(10)11/h3-5,7,13-14H,6,12H2,1-2H3. The van der Waals surface area contributed by atoms with E-state index in [2.05, 4.69) is 9.44 Å². The van der Waals surface area contributed by atoms with Gasteiger partial charge in [0, 0.05) is 12.2 Å². The van der Waals surface area contributed by atoms with Crippen LogP contribution in [0.1, 0.15) is 13.8 Å². The van der Waals surface area contributed by atoms with E-state index in [-0.39, 0.29) is 10.9 Å². The van der Waals surface area contributed by atoms with Crippen molar-refractivity contribution in [1.82, 2.24) is 4.72 Å². The van der Waals surface area contributed by atoms with E-state index < -0.39 is 10.2 Å². The number of nitrogens with one attached hydrogen (secondary N) is 2. The molecule has 0 amide bonds. The number of nitrogens with two attached hydrogens (primary N) is 1. The van der Waals surface area contributed by atoms with Gasteiger partial charge in [0.05, 0.1) is 10.7 Å². The maximum absolute atomic E-state index is 11.6. The fourth-order valence-electron chi connectivity index (χ4n) is 1.07. The van der Waals surface area contributed by atoms with Crippen LogP contribution in [0.5, 0.6) is 0 Å². The van der Waals surface area contributed by atoms with Crippen LogP contribution < -0.4 is 15.2 Å². The predicted molar refractivity (Wildman–Crippen MR) is 71.2 cm³/mol. The molecule has 96 valence electrons. The van der Waals surface area contributed by atoms with Gasteiger partial charge < -0.3 is 5.73 Å². The molecular formula is C10H16ClN3O2S. The number of halogens is 1. The fraction of sp³-hybridized carbons (Fsp3) is 0.400. The molecule has 17 heavy (non-hydrogen) atoms. The van der Waals surface area contributed by atoms with Gasteiger partial charge >= 0.3 is 0 Å². The van der Waals surface area contributed by atoms with E-state index in [9.17, 15) is 8.42 Å². The van der Waals surface area contributed by atoms with Crippen LogP contribution >= 0.6 is 11.6 Å². The van der Waals surface area contributed by atoms with Crippen molar-refractivity contribution in [1.29, 1.82) is 0 Å². The molecule has 0 bridgehead atoms. The summed E-state index contributed by atoms with van der Waals surface area (Å²) in [5.74, 6) is 0.230. The Balaban J connectivity index is 2.76. The van der Waals surface area contributed by atoms with Crippen molar-refractivity contribution in [3.05, 3.63) is 23.2 Å². The number of rotatable bonds is 5. The second-order valence-corrected chi connectivity index (χ2v) is 5.99. The molecule has 5 nitrogen and oxygen atoms in total. The van der Waals surface area contributed by atoms with Gasteiger partial charge in [-0.25, -0.2) is 0 Å². The number of hydrogen-bond donors (Lipinski definition) is 3. The molecule has 0 heterocycles. The van der Waals surface area contributed by atoms with Crippen molar-refractivity contribution >= 4 is 33.2 Å². The summed E-state index contributed by atoms with van der Waals surface area (Å²) in [6.45, 7) is 4.19. The van der Waals surface area contributed by atoms with Crippen molar-refractivity contribution in [2.45, 2.75) is 13.8 Å². The van der Waals surface area contributed by atoms with Crippen molar-refractivity contribution in [3.8, 4) is 0 Å². The van der Waals surface area contributed by atoms with E-state index in [1.807, 2.05) is 13.8 Å². The fourth-order valence-corrected chi connectivity index (χ4v) is 2.46. The van der Waals surface area contributed by atoms with Crippen LogP contribution in [0.25, 0.3) is 0 Å². The molecule has 0 saturated heterocycles. The molecule has 0 unspecified atom stereocenters. The lowest BCUT2D eigenvalue weighted by atomic mass is 10.2. The smallest absolute Gasteiger partial charge is 0.299 e. The first kappa shape index (κ1) is 14.1. The summed E-state index contributed by atoms with van der Waals surface area (Å²) >= 11 is 5.86. The average molecular weight is 278 g/mol. The zero-order valence-electron chi connectivity index (χ0n) is 9.70. The molecular weight excluding hydrogens is 262 g/mol. The monoisotopic (exact) mass is 277 g/mol. The lowest BCUT2D eigenvalue weighted by Gasteiger charge is -2.12. The van der Waals surface area contributed by atoms with Gasteiger partial charge in [0.2, 0.25) is 0 Å². The van der Waals surface area contributed by atoms with E-state index in [0.717, 1.165) is 0 Å². The quantitative estimate of drug-likeness (QED) is 0.718. The van der Waals surface area contributed by atoms with Crippen LogP contribution in [0.15, 0.2) is 18.2 Å². The number of anilines is 2. The Bertz CT molecular complexity index is 488. The molecule has 0 fully saturated rings. The van der Waals surface area contributed by atoms with E-state index >= 15 is 0 Å². The summed E-state index contributed by atoms with van der Waals surface area (Å²) in [5.41, 5.74) is 6.29. The topological polar surface area (TPSA) is 84.2 Å². The molecule has 0 aliphatic heterocycles. The highest BCUT2D eigenvalue weighted by atomic mass is 35.5. The van der Waals surface area contributed by atoms with Crippen molar-refractivity contribution < 1.29 is 8.42 Å². The van der Waals surface area contributed by atoms with Crippen molar-refractivity contribution in [2.75, 3.05) is 17.0 Å². The van der Waals surface area contributed by atoms with Gasteiger partial charge in [0.15, 0.2) is 0 Å². The predicted octanol–water partition coefficient (Wildman–Crippen LogP) is 1.82. The summed E-state index contributed by atoms with van der Waals surface area (Å²) in [7, 11) is -3.59. The molecule has 1 aromatic rings. The average Bonchev–Trinajstić information content (AvgIpc) is 2.20. The minimum Gasteiger partial charge on any atom is -0.399 e. The van der Waals surface area contributed by atoms with Gasteiger partial charge in [-0.05, 0) is 24.1 Å². The molecule has 1 rings (SSSR count). The Hall–Kier alpha value is -0.980. The summed E-state index contributed by atoms with van der Waals surface area (Å²) in [4.78, 5) is 0. The van der Waals surface area contributed by atoms with Crippen molar-refractivity contribution in [3.63, 3.8) is 0 Å². The second-order valence-electron chi connectivity index (χ2n) is 4.09. The Kier molecular flexibility index (Phi) is 4.62. The first-order valence-corrected chi connectivity index (χ1v) is 6.98. The third kappa shape index (κ3) is 4.80. The molecule has 0 aliphatic rings. The third-order valence-electron chi connectivity index (χ3n) is 1.92. The van der Waals surface area contributed by atoms with E-state index in [1.54, 1.807) is 6.07 Å². The number of benzene rings is 1. The van der Waals surface area contributed by atoms with Crippen LogP contribution in [0.2, 0.25) is 5.02 Å². The minimum absolute atomic E-state index is 0.230. The normalized spacial score (nSPS) is 11.8. The van der Waals surface area contributed by atoms with Crippen LogP contribution in [-0.2, 0) is 10.2 Å². The summed E-state index contributed by atoms with van der Waals surface area (Å²) in [6.07, 6.45) is 0. The van der Waals surface area contributed by atoms with Gasteiger partial charge in [-0.15, -0.1) is 0 Å². The van der Waals surface area contributed by atoms with Gasteiger partial charge in [-0.3, -0.25) is 4.72 Å². The first-order valence-electron chi connectivity index (χ1n) is 5.12. The molecule has 7 heteroatoms. The highest BCUT2D eigenvalue weighted by Gasteiger charge is 2.12. The maximum Gasteiger partial charge on any atom is 0.299 e. The zero-order valence-corrected chi connectivity index (χ0v) is 11.3. The summed E-state index contributed by atoms with van der Waals surface area (Å²) in [5, 5.41) is 0.264. The summed E-state index contributed by atoms with van der Waals surface area (Å²) in [6, 6.07) is 4.58. The number of hydrogen-bond acceptors (Lipinski definition) is 3. The first-order chi connectivity index (χ1) is 7.80. The zero-order chi connectivity index (χ0) is 13.1. The van der Waals surface area contributed by atoms with Crippen LogP contribution in [0, 0.1) is 5.92 Å². The molecule has 0 aliphatic carbocycles. The molecule has 0 saturated carbocycles. The molecule has 0 radical (unpaired) electrons. The Morgan fingerprint density at radius 1 is 1.41 bits per heavy atom. The van der Waals surface area contributed by atoms with Crippen molar-refractivity contribution in [2.24, 2.45) is 5.92 Å². The highest BCUT2D eigenvalue weighted by Crippen LogP contribution is 2.24. The van der Waals surface area contributed by atoms with Gasteiger partial charge in [-0.2, -0.15) is 13.1 Å². The largest absolute Gasteiger partial charge is 0.399 e. The number of nitrogen functional groups attached to an aromatic ring is 1. The van der Waals surface area contributed by atoms with E-state index in [4.69, 9.17) is 17.3 Å². The Labute approximate surface area is 107 Å². The van der Waals surface area contributed by atoms with Gasteiger partial charge in [-0.1, -0.05) is 25.4 Å². The van der Waals surface area contributed by atoms with Crippen LogP contribution in [-0.4, -0.2) is 15.0 Å². The third-order valence-corrected chi connectivity index (χ3v) is 3.27.